The van der Waals surface area contributed by atoms with E-state index in [9.17, 15) is 46.7 Å². The second kappa shape index (κ2) is 35.9. The summed E-state index contributed by atoms with van der Waals surface area (Å²) in [6.45, 7) is 1.46. The van der Waals surface area contributed by atoms with E-state index in [1.54, 1.807) is 27.7 Å². The predicted octanol–water partition coefficient (Wildman–Crippen LogP) is 6.58. The highest BCUT2D eigenvalue weighted by Crippen LogP contribution is 2.45. The molecule has 11 atom stereocenters. The van der Waals surface area contributed by atoms with Gasteiger partial charge in [-0.05, 0) is 113 Å². The summed E-state index contributed by atoms with van der Waals surface area (Å²) in [7, 11) is 9.05. The number of likely N-dealkylation sites (N-methyl/N-ethyl adjacent to an activating group) is 7. The molecule has 3 N–H and O–H groups in total. The molecule has 104 heavy (non-hydrogen) atoms. The fourth-order valence-corrected chi connectivity index (χ4v) is 17.2. The third-order valence-electron chi connectivity index (χ3n) is 23.4. The van der Waals surface area contributed by atoms with Crippen LogP contribution in [0.3, 0.4) is 0 Å². The minimum atomic E-state index is -4.73. The molecule has 0 bridgehead atoms. The first-order valence-electron chi connectivity index (χ1n) is 37.4. The Bertz CT molecular complexity index is 3080. The number of rotatable bonds is 11. The molecule has 4 saturated carbocycles. The Hall–Kier alpha value is -6.56. The van der Waals surface area contributed by atoms with Crippen molar-refractivity contribution in [2.75, 3.05) is 88.6 Å². The van der Waals surface area contributed by atoms with Gasteiger partial charge in [-0.3, -0.25) is 57.5 Å². The Morgan fingerprint density at radius 2 is 1.16 bits per heavy atom. The summed E-state index contributed by atoms with van der Waals surface area (Å²) in [4.78, 5) is 188. The van der Waals surface area contributed by atoms with Crippen LogP contribution in [-0.4, -0.2) is 275 Å². The lowest BCUT2D eigenvalue weighted by atomic mass is 9.78. The fraction of sp³-hybridized carbons (Fsp3) is 0.833. The van der Waals surface area contributed by atoms with Crippen LogP contribution in [-0.2, 0) is 57.5 Å². The van der Waals surface area contributed by atoms with Crippen molar-refractivity contribution in [2.24, 2.45) is 35.5 Å². The zero-order valence-corrected chi connectivity index (χ0v) is 63.2. The maximum atomic E-state index is 15.7. The number of halogens is 8. The molecular formula is C72H112ClF7N12O12. The fourth-order valence-electron chi connectivity index (χ4n) is 16.6. The smallest absolute Gasteiger partial charge is 0.343 e. The van der Waals surface area contributed by atoms with Crippen LogP contribution < -0.4 is 16.0 Å². The highest BCUT2D eigenvalue weighted by atomic mass is 35.5. The predicted molar refractivity (Wildman–Crippen MR) is 371 cm³/mol. The highest BCUT2D eigenvalue weighted by molar-refractivity contribution is 6.21. The number of nitrogens with one attached hydrogen (secondary N) is 3. The molecule has 7 rings (SSSR count). The lowest BCUT2D eigenvalue weighted by Crippen LogP contribution is -2.65. The van der Waals surface area contributed by atoms with E-state index in [1.165, 1.54) is 52.1 Å². The Balaban J connectivity index is 1.29. The van der Waals surface area contributed by atoms with E-state index in [1.807, 2.05) is 0 Å². The largest absolute Gasteiger partial charge is 0.393 e. The first kappa shape index (κ1) is 84.7. The van der Waals surface area contributed by atoms with Crippen LogP contribution >= 0.6 is 11.6 Å². The second-order valence-electron chi connectivity index (χ2n) is 31.5. The number of carbonyl (C=O) groups excluding carboxylic acids is 12. The summed E-state index contributed by atoms with van der Waals surface area (Å²) in [5.74, 6) is -23.4. The molecule has 0 aromatic carbocycles. The summed E-state index contributed by atoms with van der Waals surface area (Å²) in [5, 5.41) is 7.25. The van der Waals surface area contributed by atoms with Crippen LogP contribution in [0, 0.1) is 35.5 Å². The molecule has 0 aromatic heterocycles. The molecule has 7 aliphatic rings. The van der Waals surface area contributed by atoms with Crippen LogP contribution in [0.25, 0.3) is 0 Å². The Morgan fingerprint density at radius 1 is 0.587 bits per heavy atom. The van der Waals surface area contributed by atoms with E-state index in [2.05, 4.69) is 16.0 Å². The van der Waals surface area contributed by atoms with Crippen LogP contribution in [0.2, 0.25) is 0 Å². The Labute approximate surface area is 611 Å². The average molecular weight is 1510 g/mol. The number of nitrogens with zero attached hydrogens (tertiary/aromatic N) is 9. The Morgan fingerprint density at radius 3 is 1.74 bits per heavy atom. The summed E-state index contributed by atoms with van der Waals surface area (Å²) in [6, 6.07) is -10.2. The molecule has 4 aliphatic carbocycles. The number of fused-ring (bicyclic) bond motifs is 1. The SMILES string of the molecule is CC[C@H](C)[C@@H]1NC(=O)[C@H](CC(C)C)N(C)C(=O)C[C@@H](C(=O)N2CC(F)(F)C(F)(F)C2)N(C)C(=O)[C@H](C2CCCCC2)N(C)C(=O)C2(CCCC2)NC(=O)[C@@H]2CCCN2C(=O)[C@H](CCC2CCC(C(F)(F)F)C(Cl)C2)NC(=O)CN(C)C(=O)[C@H](CC2CCCCC2)N(C)C(=O)CN(C)C(=O)CN(C)C1=O. The minimum absolute atomic E-state index is 0.0112. The van der Waals surface area contributed by atoms with E-state index in [0.717, 1.165) is 75.0 Å². The molecule has 32 heteroatoms. The van der Waals surface area contributed by atoms with Crippen molar-refractivity contribution in [2.45, 2.75) is 259 Å². The molecular weight excluding hydrogens is 1390 g/mol. The first-order chi connectivity index (χ1) is 48.6. The first-order valence-corrected chi connectivity index (χ1v) is 37.9. The second-order valence-corrected chi connectivity index (χ2v) is 32.0. The van der Waals surface area contributed by atoms with Gasteiger partial charge in [-0.15, -0.1) is 11.6 Å². The van der Waals surface area contributed by atoms with E-state index in [4.69, 9.17) is 11.6 Å². The minimum Gasteiger partial charge on any atom is -0.343 e. The van der Waals surface area contributed by atoms with Gasteiger partial charge in [0.15, 0.2) is 0 Å². The van der Waals surface area contributed by atoms with Gasteiger partial charge in [0.05, 0.1) is 45.1 Å². The molecule has 7 fully saturated rings. The quantitative estimate of drug-likeness (QED) is 0.146. The molecule has 0 aromatic rings. The molecule has 24 nitrogen and oxygen atoms in total. The normalized spacial score (nSPS) is 30.3. The number of likely N-dealkylation sites (tertiary alicyclic amines) is 1. The number of hydrogen-bond acceptors (Lipinski definition) is 12. The van der Waals surface area contributed by atoms with Gasteiger partial charge in [0.2, 0.25) is 70.9 Å². The van der Waals surface area contributed by atoms with Crippen molar-refractivity contribution in [3.63, 3.8) is 0 Å². The van der Waals surface area contributed by atoms with Crippen molar-refractivity contribution in [1.29, 1.82) is 0 Å². The zero-order chi connectivity index (χ0) is 77.2. The van der Waals surface area contributed by atoms with Gasteiger partial charge in [0.25, 0.3) is 0 Å². The topological polar surface area (TPSA) is 270 Å². The van der Waals surface area contributed by atoms with Crippen LogP contribution in [0.5, 0.6) is 0 Å². The van der Waals surface area contributed by atoms with Gasteiger partial charge in [-0.25, -0.2) is 0 Å². The molecule has 3 heterocycles. The van der Waals surface area contributed by atoms with E-state index >= 15 is 41.5 Å². The average Bonchev–Trinajstić information content (AvgIpc) is 1.57. The van der Waals surface area contributed by atoms with Crippen molar-refractivity contribution >= 4 is 82.5 Å². The molecule has 3 unspecified atom stereocenters. The van der Waals surface area contributed by atoms with Gasteiger partial charge in [0, 0.05) is 61.3 Å². The summed E-state index contributed by atoms with van der Waals surface area (Å²) < 4.78 is 103. The van der Waals surface area contributed by atoms with E-state index in [0.29, 0.717) is 44.9 Å². The van der Waals surface area contributed by atoms with Gasteiger partial charge < -0.3 is 60.0 Å². The number of carbonyl (C=O) groups is 12. The number of amides is 12. The van der Waals surface area contributed by atoms with Crippen molar-refractivity contribution in [1.82, 2.24) is 60.0 Å². The molecule has 3 saturated heterocycles. The standard InChI is InChI=1S/C72H112ClF7N12O12/c1-12-44(4)59-66(102)86(7)39-57(95)84(5)40-58(96)88(9)53(36-45-22-15-13-16-23-45)64(100)85(6)38-55(93)81-50(30-28-46-27-29-48(49(73)35-46)72(78,79)80)63(99)92-33-21-26-51(92)62(98)83-69(31-19-20-32-69)68(104)90(11)60(47-24-17-14-18-25-47)67(103)89(10)54(65(101)91-41-70(74,75)71(76,77)42-91)37-56(94)87(8)52(34-43(2)3)61(97)82-59/h43-54,59-60H,12-42H2,1-11H3,(H,81,93)(H,82,97)(H,83,98)/t44-,46?,48?,49?,50-,51-,52-,53-,54-,59-,60-/m0/s1. The van der Waals surface area contributed by atoms with Crippen LogP contribution in [0.1, 0.15) is 188 Å². The third kappa shape index (κ3) is 20.4. The van der Waals surface area contributed by atoms with Gasteiger partial charge in [-0.1, -0.05) is 98.3 Å². The molecule has 3 aliphatic heterocycles. The molecule has 0 radical (unpaired) electrons. The van der Waals surface area contributed by atoms with Crippen molar-refractivity contribution in [3.05, 3.63) is 0 Å². The van der Waals surface area contributed by atoms with Crippen LogP contribution in [0.4, 0.5) is 30.7 Å². The van der Waals surface area contributed by atoms with Gasteiger partial charge in [0.1, 0.15) is 47.8 Å². The molecule has 588 valence electrons. The number of hydrogen-bond donors (Lipinski definition) is 3. The van der Waals surface area contributed by atoms with Gasteiger partial charge >= 0.3 is 18.0 Å². The lowest BCUT2D eigenvalue weighted by molar-refractivity contribution is -0.182. The summed E-state index contributed by atoms with van der Waals surface area (Å²) in [6.07, 6.45) is 2.63. The third-order valence-corrected chi connectivity index (χ3v) is 23.9. The highest BCUT2D eigenvalue weighted by Gasteiger charge is 2.65. The van der Waals surface area contributed by atoms with E-state index in [-0.39, 0.29) is 93.9 Å². The Kier molecular flexibility index (Phi) is 29.2. The van der Waals surface area contributed by atoms with Gasteiger partial charge in [-0.2, -0.15) is 30.7 Å². The van der Waals surface area contributed by atoms with E-state index < -0.39 is 205 Å². The molecule has 1 spiro atoms. The van der Waals surface area contributed by atoms with Crippen molar-refractivity contribution in [3.8, 4) is 0 Å². The summed E-state index contributed by atoms with van der Waals surface area (Å²) >= 11 is 6.38. The maximum Gasteiger partial charge on any atom is 0.393 e. The van der Waals surface area contributed by atoms with Crippen LogP contribution in [0.15, 0.2) is 0 Å². The number of alkyl halides is 8. The molecule has 12 amide bonds. The monoisotopic (exact) mass is 1500 g/mol. The summed E-state index contributed by atoms with van der Waals surface area (Å²) in [5.41, 5.74) is -1.73. The van der Waals surface area contributed by atoms with Crippen molar-refractivity contribution < 1.29 is 88.3 Å². The maximum absolute atomic E-state index is 15.7. The zero-order valence-electron chi connectivity index (χ0n) is 62.5. The lowest BCUT2D eigenvalue weighted by Gasteiger charge is -2.43.